The van der Waals surface area contributed by atoms with Crippen LogP contribution in [-0.4, -0.2) is 34.2 Å². The summed E-state index contributed by atoms with van der Waals surface area (Å²) in [6.07, 6.45) is -0.699. The maximum atomic E-state index is 11.5. The molecule has 0 saturated heterocycles. The third-order valence-corrected chi connectivity index (χ3v) is 3.14. The standard InChI is InChI=1S/C13H16N2O4/c1-15-7-9-6-8(11(16)4-5-12(17)18)2-3-10(9)14-13(15)19/h2-3,6,11,16H,4-5,7H2,1H3,(H,14,19)(H,17,18). The Hall–Kier alpha value is -2.08. The van der Waals surface area contributed by atoms with Crippen molar-refractivity contribution < 1.29 is 19.8 Å². The van der Waals surface area contributed by atoms with Crippen molar-refractivity contribution in [1.82, 2.24) is 4.90 Å². The largest absolute Gasteiger partial charge is 0.481 e. The van der Waals surface area contributed by atoms with Gasteiger partial charge in [0.2, 0.25) is 0 Å². The zero-order chi connectivity index (χ0) is 14.0. The highest BCUT2D eigenvalue weighted by Gasteiger charge is 2.20. The number of fused-ring (bicyclic) bond motifs is 1. The molecule has 0 aliphatic carbocycles. The van der Waals surface area contributed by atoms with E-state index in [1.165, 1.54) is 4.90 Å². The number of urea groups is 1. The molecule has 2 amide bonds. The van der Waals surface area contributed by atoms with Gasteiger partial charge in [-0.15, -0.1) is 0 Å². The second kappa shape index (κ2) is 5.27. The van der Waals surface area contributed by atoms with Crippen LogP contribution in [-0.2, 0) is 11.3 Å². The fourth-order valence-electron chi connectivity index (χ4n) is 2.04. The van der Waals surface area contributed by atoms with Crippen LogP contribution in [0.25, 0.3) is 0 Å². The number of aliphatic hydroxyl groups is 1. The number of aliphatic carboxylic acids is 1. The Morgan fingerprint density at radius 1 is 1.53 bits per heavy atom. The Morgan fingerprint density at radius 2 is 2.26 bits per heavy atom. The number of nitrogens with zero attached hydrogens (tertiary/aromatic N) is 1. The predicted molar refractivity (Wildman–Crippen MR) is 68.8 cm³/mol. The number of nitrogens with one attached hydrogen (secondary N) is 1. The topological polar surface area (TPSA) is 89.9 Å². The van der Waals surface area contributed by atoms with E-state index >= 15 is 0 Å². The van der Waals surface area contributed by atoms with Gasteiger partial charge in [0.15, 0.2) is 0 Å². The molecule has 0 spiro atoms. The van der Waals surface area contributed by atoms with Crippen molar-refractivity contribution in [3.8, 4) is 0 Å². The van der Waals surface area contributed by atoms with E-state index in [4.69, 9.17) is 5.11 Å². The number of carboxylic acids is 1. The van der Waals surface area contributed by atoms with Crippen LogP contribution < -0.4 is 5.32 Å². The molecule has 0 fully saturated rings. The molecule has 1 unspecified atom stereocenters. The first-order valence-corrected chi connectivity index (χ1v) is 6.02. The van der Waals surface area contributed by atoms with Gasteiger partial charge in [-0.25, -0.2) is 4.79 Å². The van der Waals surface area contributed by atoms with Gasteiger partial charge in [-0.1, -0.05) is 6.07 Å². The Kier molecular flexibility index (Phi) is 3.71. The molecule has 0 aromatic heterocycles. The lowest BCUT2D eigenvalue weighted by Gasteiger charge is -2.26. The summed E-state index contributed by atoms with van der Waals surface area (Å²) in [6.45, 7) is 0.473. The number of anilines is 1. The number of carbonyl (C=O) groups is 2. The minimum absolute atomic E-state index is 0.0745. The fourth-order valence-corrected chi connectivity index (χ4v) is 2.04. The average Bonchev–Trinajstić information content (AvgIpc) is 2.36. The third-order valence-electron chi connectivity index (χ3n) is 3.14. The van der Waals surface area contributed by atoms with Crippen LogP contribution in [0.5, 0.6) is 0 Å². The molecule has 0 saturated carbocycles. The van der Waals surface area contributed by atoms with Crippen molar-refractivity contribution in [3.05, 3.63) is 29.3 Å². The normalized spacial score (nSPS) is 15.7. The van der Waals surface area contributed by atoms with Crippen LogP contribution >= 0.6 is 0 Å². The zero-order valence-electron chi connectivity index (χ0n) is 10.6. The number of hydrogen-bond donors (Lipinski definition) is 3. The van der Waals surface area contributed by atoms with Crippen LogP contribution in [0, 0.1) is 0 Å². The first-order chi connectivity index (χ1) is 8.97. The van der Waals surface area contributed by atoms with E-state index in [-0.39, 0.29) is 18.9 Å². The Balaban J connectivity index is 2.14. The van der Waals surface area contributed by atoms with Gasteiger partial charge in [-0.2, -0.15) is 0 Å². The van der Waals surface area contributed by atoms with Gasteiger partial charge in [-0.05, 0) is 29.7 Å². The third kappa shape index (κ3) is 3.03. The Morgan fingerprint density at radius 3 is 2.95 bits per heavy atom. The van der Waals surface area contributed by atoms with E-state index in [1.54, 1.807) is 25.2 Å². The number of amides is 2. The van der Waals surface area contributed by atoms with Crippen molar-refractivity contribution in [3.63, 3.8) is 0 Å². The second-order valence-electron chi connectivity index (χ2n) is 4.65. The molecule has 6 nitrogen and oxygen atoms in total. The summed E-state index contributed by atoms with van der Waals surface area (Å²) >= 11 is 0. The van der Waals surface area contributed by atoms with Crippen molar-refractivity contribution in [2.75, 3.05) is 12.4 Å². The highest BCUT2D eigenvalue weighted by Crippen LogP contribution is 2.27. The Labute approximate surface area is 110 Å². The van der Waals surface area contributed by atoms with Gasteiger partial charge in [0.05, 0.1) is 6.10 Å². The molecular weight excluding hydrogens is 248 g/mol. The molecule has 1 aliphatic heterocycles. The Bertz CT molecular complexity index is 515. The van der Waals surface area contributed by atoms with E-state index in [1.807, 2.05) is 0 Å². The molecule has 0 radical (unpaired) electrons. The lowest BCUT2D eigenvalue weighted by atomic mass is 10.00. The number of carbonyl (C=O) groups excluding carboxylic acids is 1. The van der Waals surface area contributed by atoms with Crippen LogP contribution in [0.4, 0.5) is 10.5 Å². The molecule has 2 rings (SSSR count). The van der Waals surface area contributed by atoms with Crippen molar-refractivity contribution in [1.29, 1.82) is 0 Å². The van der Waals surface area contributed by atoms with Gasteiger partial charge in [0, 0.05) is 25.7 Å². The predicted octanol–water partition coefficient (Wildman–Crippen LogP) is 1.56. The highest BCUT2D eigenvalue weighted by molar-refractivity contribution is 5.92. The van der Waals surface area contributed by atoms with Crippen LogP contribution in [0.1, 0.15) is 30.1 Å². The summed E-state index contributed by atoms with van der Waals surface area (Å²) < 4.78 is 0. The molecular formula is C13H16N2O4. The summed E-state index contributed by atoms with van der Waals surface area (Å²) in [5.41, 5.74) is 2.32. The molecule has 6 heteroatoms. The molecule has 1 aromatic carbocycles. The number of benzene rings is 1. The lowest BCUT2D eigenvalue weighted by molar-refractivity contribution is -0.137. The molecule has 1 aromatic rings. The summed E-state index contributed by atoms with van der Waals surface area (Å²) in [6, 6.07) is 5.08. The first kappa shape index (κ1) is 13.4. The fraction of sp³-hybridized carbons (Fsp3) is 0.385. The highest BCUT2D eigenvalue weighted by atomic mass is 16.4. The van der Waals surface area contributed by atoms with Crippen LogP contribution in [0.3, 0.4) is 0 Å². The maximum Gasteiger partial charge on any atom is 0.321 e. The van der Waals surface area contributed by atoms with Gasteiger partial charge in [0.25, 0.3) is 0 Å². The molecule has 102 valence electrons. The summed E-state index contributed by atoms with van der Waals surface area (Å²) in [7, 11) is 1.69. The van der Waals surface area contributed by atoms with Gasteiger partial charge in [-0.3, -0.25) is 4.79 Å². The molecule has 3 N–H and O–H groups in total. The lowest BCUT2D eigenvalue weighted by Crippen LogP contribution is -2.35. The molecule has 1 heterocycles. The van der Waals surface area contributed by atoms with Crippen molar-refractivity contribution in [2.24, 2.45) is 0 Å². The van der Waals surface area contributed by atoms with Crippen molar-refractivity contribution in [2.45, 2.75) is 25.5 Å². The maximum absolute atomic E-state index is 11.5. The smallest absolute Gasteiger partial charge is 0.321 e. The van der Waals surface area contributed by atoms with Gasteiger partial charge < -0.3 is 20.4 Å². The second-order valence-corrected chi connectivity index (χ2v) is 4.65. The van der Waals surface area contributed by atoms with Gasteiger partial charge in [0.1, 0.15) is 0 Å². The zero-order valence-corrected chi connectivity index (χ0v) is 10.6. The summed E-state index contributed by atoms with van der Waals surface area (Å²) in [4.78, 5) is 23.5. The average molecular weight is 264 g/mol. The molecule has 1 atom stereocenters. The van der Waals surface area contributed by atoms with E-state index in [0.29, 0.717) is 12.1 Å². The number of carboxylic acid groups (broad SMARTS) is 1. The summed E-state index contributed by atoms with van der Waals surface area (Å²) in [5.74, 6) is -0.927. The van der Waals surface area contributed by atoms with Crippen LogP contribution in [0.2, 0.25) is 0 Å². The summed E-state index contributed by atoms with van der Waals surface area (Å²) in [5, 5.41) is 21.3. The molecule has 0 bridgehead atoms. The minimum Gasteiger partial charge on any atom is -0.481 e. The SMILES string of the molecule is CN1Cc2cc(C(O)CCC(=O)O)ccc2NC1=O. The van der Waals surface area contributed by atoms with Gasteiger partial charge >= 0.3 is 12.0 Å². The minimum atomic E-state index is -0.927. The first-order valence-electron chi connectivity index (χ1n) is 6.02. The number of aliphatic hydroxyl groups excluding tert-OH is 1. The molecule has 1 aliphatic rings. The van der Waals surface area contributed by atoms with Crippen molar-refractivity contribution >= 4 is 17.7 Å². The van der Waals surface area contributed by atoms with E-state index in [2.05, 4.69) is 5.32 Å². The quantitative estimate of drug-likeness (QED) is 0.769. The van der Waals surface area contributed by atoms with E-state index in [0.717, 1.165) is 11.3 Å². The number of hydrogen-bond acceptors (Lipinski definition) is 3. The monoisotopic (exact) mass is 264 g/mol. The molecule has 19 heavy (non-hydrogen) atoms. The van der Waals surface area contributed by atoms with Crippen LogP contribution in [0.15, 0.2) is 18.2 Å². The number of rotatable bonds is 4. The van der Waals surface area contributed by atoms with E-state index < -0.39 is 12.1 Å². The van der Waals surface area contributed by atoms with E-state index in [9.17, 15) is 14.7 Å².